The standard InChI is InChI=1S/C17H16IN3O2S/c1-2-19-15(22)11-7-9-12(10-8-11)20-17(24)21-16(23)13-5-3-4-6-14(13)18/h3-10H,2H2,1H3,(H,19,22)(H2,20,21,23,24). The summed E-state index contributed by atoms with van der Waals surface area (Å²) in [6.45, 7) is 2.44. The normalized spacial score (nSPS) is 9.92. The molecule has 0 aliphatic heterocycles. The molecule has 2 rings (SSSR count). The van der Waals surface area contributed by atoms with Crippen LogP contribution in [0.15, 0.2) is 48.5 Å². The molecule has 2 aromatic rings. The molecule has 0 aliphatic carbocycles. The van der Waals surface area contributed by atoms with Gasteiger partial charge in [-0.25, -0.2) is 0 Å². The molecule has 2 aromatic carbocycles. The summed E-state index contributed by atoms with van der Waals surface area (Å²) < 4.78 is 0.849. The van der Waals surface area contributed by atoms with Crippen LogP contribution in [0.4, 0.5) is 5.69 Å². The number of rotatable bonds is 4. The van der Waals surface area contributed by atoms with Gasteiger partial charge in [-0.3, -0.25) is 14.9 Å². The van der Waals surface area contributed by atoms with Crippen LogP contribution >= 0.6 is 34.8 Å². The Labute approximate surface area is 159 Å². The lowest BCUT2D eigenvalue weighted by Gasteiger charge is -2.11. The molecule has 0 fully saturated rings. The molecule has 0 spiro atoms. The number of benzene rings is 2. The van der Waals surface area contributed by atoms with Gasteiger partial charge in [-0.2, -0.15) is 0 Å². The molecule has 0 saturated heterocycles. The van der Waals surface area contributed by atoms with E-state index in [2.05, 4.69) is 38.5 Å². The van der Waals surface area contributed by atoms with Crippen LogP contribution in [0.5, 0.6) is 0 Å². The number of hydrogen-bond acceptors (Lipinski definition) is 3. The Hall–Kier alpha value is -2.00. The van der Waals surface area contributed by atoms with Gasteiger partial charge in [0.15, 0.2) is 5.11 Å². The summed E-state index contributed by atoms with van der Waals surface area (Å²) in [5.41, 5.74) is 1.82. The summed E-state index contributed by atoms with van der Waals surface area (Å²) in [7, 11) is 0. The first kappa shape index (κ1) is 18.3. The van der Waals surface area contributed by atoms with E-state index in [1.807, 2.05) is 19.1 Å². The average molecular weight is 453 g/mol. The third-order valence-corrected chi connectivity index (χ3v) is 4.23. The number of amides is 2. The first-order valence-corrected chi connectivity index (χ1v) is 8.75. The van der Waals surface area contributed by atoms with E-state index >= 15 is 0 Å². The fourth-order valence-electron chi connectivity index (χ4n) is 1.95. The lowest BCUT2D eigenvalue weighted by atomic mass is 10.2. The van der Waals surface area contributed by atoms with E-state index in [0.717, 1.165) is 3.57 Å². The Kier molecular flexibility index (Phi) is 6.68. The minimum Gasteiger partial charge on any atom is -0.352 e. The van der Waals surface area contributed by atoms with Crippen molar-refractivity contribution < 1.29 is 9.59 Å². The molecule has 0 atom stereocenters. The third kappa shape index (κ3) is 5.00. The molecular weight excluding hydrogens is 437 g/mol. The van der Waals surface area contributed by atoms with E-state index in [1.54, 1.807) is 36.4 Å². The minimum atomic E-state index is -0.267. The van der Waals surface area contributed by atoms with E-state index < -0.39 is 0 Å². The first-order chi connectivity index (χ1) is 11.5. The van der Waals surface area contributed by atoms with Crippen LogP contribution in [-0.4, -0.2) is 23.5 Å². The number of thiocarbonyl (C=S) groups is 1. The first-order valence-electron chi connectivity index (χ1n) is 7.26. The van der Waals surface area contributed by atoms with Gasteiger partial charge in [0.1, 0.15) is 0 Å². The van der Waals surface area contributed by atoms with Crippen LogP contribution < -0.4 is 16.0 Å². The minimum absolute atomic E-state index is 0.126. The van der Waals surface area contributed by atoms with Gasteiger partial charge in [0.05, 0.1) is 5.56 Å². The second-order valence-corrected chi connectivity index (χ2v) is 6.40. The summed E-state index contributed by atoms with van der Waals surface area (Å²) in [6.07, 6.45) is 0. The fourth-order valence-corrected chi connectivity index (χ4v) is 2.79. The number of carbonyl (C=O) groups excluding carboxylic acids is 2. The maximum absolute atomic E-state index is 12.2. The van der Waals surface area contributed by atoms with Crippen LogP contribution in [0, 0.1) is 3.57 Å². The smallest absolute Gasteiger partial charge is 0.258 e. The van der Waals surface area contributed by atoms with E-state index in [9.17, 15) is 9.59 Å². The predicted molar refractivity (Wildman–Crippen MR) is 107 cm³/mol. The van der Waals surface area contributed by atoms with E-state index in [4.69, 9.17) is 12.2 Å². The maximum atomic E-state index is 12.2. The highest BCUT2D eigenvalue weighted by Gasteiger charge is 2.11. The lowest BCUT2D eigenvalue weighted by Crippen LogP contribution is -2.34. The molecule has 0 saturated carbocycles. The highest BCUT2D eigenvalue weighted by Crippen LogP contribution is 2.12. The second-order valence-electron chi connectivity index (χ2n) is 4.82. The summed E-state index contributed by atoms with van der Waals surface area (Å²) >= 11 is 7.26. The van der Waals surface area contributed by atoms with E-state index in [1.165, 1.54) is 0 Å². The Morgan fingerprint density at radius 1 is 1.04 bits per heavy atom. The molecule has 124 valence electrons. The van der Waals surface area contributed by atoms with Crippen LogP contribution in [-0.2, 0) is 0 Å². The van der Waals surface area contributed by atoms with Crippen molar-refractivity contribution in [1.29, 1.82) is 0 Å². The van der Waals surface area contributed by atoms with Gasteiger partial charge in [-0.1, -0.05) is 12.1 Å². The average Bonchev–Trinajstić information content (AvgIpc) is 2.56. The molecule has 0 bridgehead atoms. The van der Waals surface area contributed by atoms with Crippen molar-refractivity contribution in [1.82, 2.24) is 10.6 Å². The van der Waals surface area contributed by atoms with E-state index in [-0.39, 0.29) is 16.9 Å². The van der Waals surface area contributed by atoms with Crippen molar-refractivity contribution in [3.8, 4) is 0 Å². The van der Waals surface area contributed by atoms with Gasteiger partial charge in [-0.15, -0.1) is 0 Å². The van der Waals surface area contributed by atoms with Gasteiger partial charge in [-0.05, 0) is 78.1 Å². The SMILES string of the molecule is CCNC(=O)c1ccc(NC(=S)NC(=O)c2ccccc2I)cc1. The largest absolute Gasteiger partial charge is 0.352 e. The van der Waals surface area contributed by atoms with Crippen molar-refractivity contribution >= 4 is 57.4 Å². The van der Waals surface area contributed by atoms with Crippen molar-refractivity contribution in [2.45, 2.75) is 6.92 Å². The molecule has 0 unspecified atom stereocenters. The summed E-state index contributed by atoms with van der Waals surface area (Å²) in [6, 6.07) is 14.1. The van der Waals surface area contributed by atoms with Crippen LogP contribution in [0.25, 0.3) is 0 Å². The number of nitrogens with one attached hydrogen (secondary N) is 3. The zero-order valence-corrected chi connectivity index (χ0v) is 15.9. The van der Waals surface area contributed by atoms with Crippen molar-refractivity contribution in [2.75, 3.05) is 11.9 Å². The molecule has 0 aromatic heterocycles. The predicted octanol–water partition coefficient (Wildman–Crippen LogP) is 3.17. The summed E-state index contributed by atoms with van der Waals surface area (Å²) in [5, 5.41) is 8.49. The van der Waals surface area contributed by atoms with Crippen molar-refractivity contribution in [2.24, 2.45) is 0 Å². The zero-order chi connectivity index (χ0) is 17.5. The van der Waals surface area contributed by atoms with Crippen LogP contribution in [0.1, 0.15) is 27.6 Å². The lowest BCUT2D eigenvalue weighted by molar-refractivity contribution is 0.0953. The monoisotopic (exact) mass is 453 g/mol. The molecule has 0 aliphatic rings. The van der Waals surface area contributed by atoms with Gasteiger partial charge in [0, 0.05) is 21.4 Å². The number of carbonyl (C=O) groups is 2. The molecular formula is C17H16IN3O2S. The molecule has 0 radical (unpaired) electrons. The third-order valence-electron chi connectivity index (χ3n) is 3.09. The molecule has 24 heavy (non-hydrogen) atoms. The van der Waals surface area contributed by atoms with Gasteiger partial charge in [0.2, 0.25) is 0 Å². The quantitative estimate of drug-likeness (QED) is 0.492. The summed E-state index contributed by atoms with van der Waals surface area (Å²) in [5.74, 6) is -0.393. The number of anilines is 1. The Balaban J connectivity index is 1.96. The van der Waals surface area contributed by atoms with Crippen molar-refractivity contribution in [3.63, 3.8) is 0 Å². The topological polar surface area (TPSA) is 70.2 Å². The van der Waals surface area contributed by atoms with Gasteiger partial charge >= 0.3 is 0 Å². The maximum Gasteiger partial charge on any atom is 0.258 e. The van der Waals surface area contributed by atoms with Crippen LogP contribution in [0.3, 0.4) is 0 Å². The Bertz CT molecular complexity index is 763. The molecule has 2 amide bonds. The Morgan fingerprint density at radius 2 is 1.71 bits per heavy atom. The molecule has 0 heterocycles. The zero-order valence-electron chi connectivity index (χ0n) is 12.9. The fraction of sp³-hybridized carbons (Fsp3) is 0.118. The summed E-state index contributed by atoms with van der Waals surface area (Å²) in [4.78, 5) is 23.9. The number of hydrogen-bond donors (Lipinski definition) is 3. The molecule has 3 N–H and O–H groups in total. The highest BCUT2D eigenvalue weighted by atomic mass is 127. The van der Waals surface area contributed by atoms with Crippen molar-refractivity contribution in [3.05, 3.63) is 63.2 Å². The second kappa shape index (κ2) is 8.74. The molecule has 7 heteroatoms. The highest BCUT2D eigenvalue weighted by molar-refractivity contribution is 14.1. The number of halogens is 1. The van der Waals surface area contributed by atoms with Crippen LogP contribution in [0.2, 0.25) is 0 Å². The van der Waals surface area contributed by atoms with E-state index in [0.29, 0.717) is 23.4 Å². The van der Waals surface area contributed by atoms with Gasteiger partial charge < -0.3 is 10.6 Å². The molecule has 5 nitrogen and oxygen atoms in total. The Morgan fingerprint density at radius 3 is 2.33 bits per heavy atom. The van der Waals surface area contributed by atoms with Gasteiger partial charge in [0.25, 0.3) is 11.8 Å².